The molecule has 3 aromatic rings. The van der Waals surface area contributed by atoms with Gasteiger partial charge in [-0.15, -0.1) is 0 Å². The van der Waals surface area contributed by atoms with Crippen LogP contribution in [-0.4, -0.2) is 11.1 Å². The smallest absolute Gasteiger partial charge is 0.0483 e. The average molecular weight is 335 g/mol. The lowest BCUT2D eigenvalue weighted by atomic mass is 9.85. The Morgan fingerprint density at radius 1 is 1.00 bits per heavy atom. The third-order valence-electron chi connectivity index (χ3n) is 5.19. The van der Waals surface area contributed by atoms with Gasteiger partial charge in [0, 0.05) is 29.6 Å². The minimum atomic E-state index is 0.195. The molecule has 1 aromatic heterocycles. The van der Waals surface area contributed by atoms with E-state index in [1.54, 1.807) is 0 Å². The van der Waals surface area contributed by atoms with Gasteiger partial charge < -0.3 is 10.3 Å². The zero-order valence-corrected chi connectivity index (χ0v) is 15.9. The number of hydrogen-bond donors (Lipinski definition) is 1. The summed E-state index contributed by atoms with van der Waals surface area (Å²) in [6.45, 7) is 10.6. The summed E-state index contributed by atoms with van der Waals surface area (Å²) in [6, 6.07) is 17.7. The van der Waals surface area contributed by atoms with Crippen molar-refractivity contribution in [1.29, 1.82) is 0 Å². The second-order valence-corrected chi connectivity index (χ2v) is 7.97. The highest BCUT2D eigenvalue weighted by atomic mass is 14.9. The largest absolute Gasteiger partial charge is 0.347 e. The lowest BCUT2D eigenvalue weighted by Gasteiger charge is -2.20. The van der Waals surface area contributed by atoms with Crippen molar-refractivity contribution >= 4 is 10.9 Å². The summed E-state index contributed by atoms with van der Waals surface area (Å²) in [5.74, 6) is 0.346. The number of benzene rings is 2. The van der Waals surface area contributed by atoms with Crippen LogP contribution >= 0.6 is 0 Å². The van der Waals surface area contributed by atoms with E-state index in [2.05, 4.69) is 87.0 Å². The number of nitrogens with zero attached hydrogens (tertiary/aromatic N) is 1. The van der Waals surface area contributed by atoms with E-state index in [-0.39, 0.29) is 5.41 Å². The van der Waals surface area contributed by atoms with E-state index in [1.807, 2.05) is 0 Å². The Bertz CT molecular complexity index is 835. The van der Waals surface area contributed by atoms with Crippen LogP contribution in [0.4, 0.5) is 0 Å². The fourth-order valence-electron chi connectivity index (χ4n) is 3.61. The molecule has 0 aliphatic rings. The predicted octanol–water partition coefficient (Wildman–Crippen LogP) is 5.24. The minimum absolute atomic E-state index is 0.195. The number of nitrogens with two attached hydrogens (primary N) is 1. The van der Waals surface area contributed by atoms with E-state index in [0.717, 1.165) is 13.0 Å². The van der Waals surface area contributed by atoms with Gasteiger partial charge in [-0.2, -0.15) is 0 Å². The molecule has 0 aliphatic heterocycles. The van der Waals surface area contributed by atoms with Gasteiger partial charge in [-0.1, -0.05) is 63.2 Å². The maximum atomic E-state index is 6.18. The first-order chi connectivity index (χ1) is 11.9. The van der Waals surface area contributed by atoms with E-state index in [9.17, 15) is 0 Å². The molecular weight excluding hydrogens is 304 g/mol. The molecule has 0 radical (unpaired) electrons. The van der Waals surface area contributed by atoms with Crippen LogP contribution in [0.2, 0.25) is 0 Å². The predicted molar refractivity (Wildman–Crippen MR) is 108 cm³/mol. The molecule has 2 heteroatoms. The van der Waals surface area contributed by atoms with Crippen LogP contribution in [0.3, 0.4) is 0 Å². The highest BCUT2D eigenvalue weighted by molar-refractivity contribution is 5.84. The Morgan fingerprint density at radius 2 is 1.68 bits per heavy atom. The molecule has 25 heavy (non-hydrogen) atoms. The first-order valence-corrected chi connectivity index (χ1v) is 9.31. The maximum absolute atomic E-state index is 6.18. The first kappa shape index (κ1) is 17.8. The van der Waals surface area contributed by atoms with E-state index in [1.165, 1.54) is 27.6 Å². The number of aryl methyl sites for hydroxylation is 1. The summed E-state index contributed by atoms with van der Waals surface area (Å²) in [4.78, 5) is 0. The van der Waals surface area contributed by atoms with Gasteiger partial charge in [0.05, 0.1) is 0 Å². The monoisotopic (exact) mass is 334 g/mol. The fourth-order valence-corrected chi connectivity index (χ4v) is 3.61. The molecule has 0 saturated carbocycles. The highest BCUT2D eigenvalue weighted by Gasteiger charge is 2.18. The minimum Gasteiger partial charge on any atom is -0.347 e. The van der Waals surface area contributed by atoms with Crippen LogP contribution < -0.4 is 5.73 Å². The Kier molecular flexibility index (Phi) is 5.01. The van der Waals surface area contributed by atoms with Gasteiger partial charge in [0.1, 0.15) is 0 Å². The normalized spacial score (nSPS) is 13.3. The number of aromatic nitrogens is 1. The van der Waals surface area contributed by atoms with Crippen molar-refractivity contribution in [2.24, 2.45) is 5.73 Å². The van der Waals surface area contributed by atoms with Gasteiger partial charge in [0.2, 0.25) is 0 Å². The second-order valence-electron chi connectivity index (χ2n) is 7.97. The van der Waals surface area contributed by atoms with Crippen LogP contribution in [-0.2, 0) is 18.4 Å². The van der Waals surface area contributed by atoms with Crippen molar-refractivity contribution in [2.45, 2.75) is 52.0 Å². The molecular formula is C23H30N2. The molecule has 2 aromatic carbocycles. The number of fused-ring (bicyclic) bond motifs is 1. The molecule has 2 nitrogen and oxygen atoms in total. The quantitative estimate of drug-likeness (QED) is 0.679. The number of rotatable bonds is 5. The zero-order chi connectivity index (χ0) is 18.0. The Balaban J connectivity index is 1.91. The summed E-state index contributed by atoms with van der Waals surface area (Å²) < 4.78 is 2.33. The molecule has 3 rings (SSSR count). The van der Waals surface area contributed by atoms with E-state index in [0.29, 0.717) is 12.5 Å². The van der Waals surface area contributed by atoms with Crippen molar-refractivity contribution in [2.75, 3.05) is 6.54 Å². The molecule has 0 amide bonds. The highest BCUT2D eigenvalue weighted by Crippen LogP contribution is 2.30. The topological polar surface area (TPSA) is 30.9 Å². The number of hydrogen-bond acceptors (Lipinski definition) is 1. The third kappa shape index (κ3) is 3.64. The van der Waals surface area contributed by atoms with Crippen LogP contribution in [0.1, 0.15) is 50.3 Å². The lowest BCUT2D eigenvalue weighted by Crippen LogP contribution is -2.15. The molecule has 0 bridgehead atoms. The van der Waals surface area contributed by atoms with Crippen LogP contribution in [0, 0.1) is 0 Å². The molecule has 0 fully saturated rings. The van der Waals surface area contributed by atoms with Crippen LogP contribution in [0.5, 0.6) is 0 Å². The van der Waals surface area contributed by atoms with Gasteiger partial charge in [-0.3, -0.25) is 0 Å². The van der Waals surface area contributed by atoms with Crippen LogP contribution in [0.15, 0.2) is 54.7 Å². The van der Waals surface area contributed by atoms with E-state index >= 15 is 0 Å². The maximum Gasteiger partial charge on any atom is 0.0483 e. The molecule has 132 valence electrons. The molecule has 1 atom stereocenters. The first-order valence-electron chi connectivity index (χ1n) is 9.31. The number of para-hydroxylation sites is 1. The zero-order valence-electron chi connectivity index (χ0n) is 15.9. The van der Waals surface area contributed by atoms with Crippen molar-refractivity contribution in [1.82, 2.24) is 4.57 Å². The van der Waals surface area contributed by atoms with Gasteiger partial charge in [0.25, 0.3) is 0 Å². The Morgan fingerprint density at radius 3 is 2.28 bits per heavy atom. The summed E-state index contributed by atoms with van der Waals surface area (Å²) in [7, 11) is 0. The Hall–Kier alpha value is -2.06. The van der Waals surface area contributed by atoms with Gasteiger partial charge >= 0.3 is 0 Å². The van der Waals surface area contributed by atoms with Gasteiger partial charge in [-0.05, 0) is 48.1 Å². The van der Waals surface area contributed by atoms with Gasteiger partial charge in [0.15, 0.2) is 0 Å². The summed E-state index contributed by atoms with van der Waals surface area (Å²) >= 11 is 0. The molecule has 0 spiro atoms. The van der Waals surface area contributed by atoms with Crippen molar-refractivity contribution in [3.05, 3.63) is 71.4 Å². The van der Waals surface area contributed by atoms with Crippen molar-refractivity contribution in [3.8, 4) is 0 Å². The van der Waals surface area contributed by atoms with Crippen LogP contribution in [0.25, 0.3) is 10.9 Å². The molecule has 2 N–H and O–H groups in total. The second kappa shape index (κ2) is 7.05. The average Bonchev–Trinajstić information content (AvgIpc) is 2.98. The fraction of sp³-hybridized carbons (Fsp3) is 0.391. The van der Waals surface area contributed by atoms with E-state index < -0.39 is 0 Å². The van der Waals surface area contributed by atoms with Crippen molar-refractivity contribution < 1.29 is 0 Å². The van der Waals surface area contributed by atoms with Crippen molar-refractivity contribution in [3.63, 3.8) is 0 Å². The molecule has 0 saturated heterocycles. The molecule has 0 aliphatic carbocycles. The summed E-state index contributed by atoms with van der Waals surface area (Å²) in [5.41, 5.74) is 11.8. The molecule has 1 unspecified atom stereocenters. The SMILES string of the molecule is CCn1cc(C(CN)Cc2ccc(C(C)(C)C)cc2)c2ccccc21. The standard InChI is InChI=1S/C23H30N2/c1-5-25-16-21(20-8-6-7-9-22(20)25)18(15-24)14-17-10-12-19(13-11-17)23(2,3)4/h6-13,16,18H,5,14-15,24H2,1-4H3. The lowest BCUT2D eigenvalue weighted by molar-refractivity contribution is 0.589. The summed E-state index contributed by atoms with van der Waals surface area (Å²) in [6.07, 6.45) is 3.28. The third-order valence-corrected chi connectivity index (χ3v) is 5.19. The Labute approximate surface area is 151 Å². The molecule has 1 heterocycles. The van der Waals surface area contributed by atoms with E-state index in [4.69, 9.17) is 5.73 Å². The summed E-state index contributed by atoms with van der Waals surface area (Å²) in [5, 5.41) is 1.34. The van der Waals surface area contributed by atoms with Gasteiger partial charge in [-0.25, -0.2) is 0 Å².